The lowest BCUT2D eigenvalue weighted by molar-refractivity contribution is 0.102. The number of carbonyl (C=O) groups is 1. The van der Waals surface area contributed by atoms with Gasteiger partial charge in [0.25, 0.3) is 5.91 Å². The minimum atomic E-state index is -0.148. The van der Waals surface area contributed by atoms with Crippen molar-refractivity contribution in [3.8, 4) is 5.75 Å². The van der Waals surface area contributed by atoms with E-state index < -0.39 is 0 Å². The van der Waals surface area contributed by atoms with Crippen LogP contribution in [0.3, 0.4) is 0 Å². The average Bonchev–Trinajstić information content (AvgIpc) is 3.00. The van der Waals surface area contributed by atoms with Crippen LogP contribution in [0.5, 0.6) is 5.75 Å². The number of unbranched alkanes of at least 4 members (excludes halogenated alkanes) is 2. The second kappa shape index (κ2) is 8.36. The molecule has 124 valence electrons. The highest BCUT2D eigenvalue weighted by Crippen LogP contribution is 2.16. The summed E-state index contributed by atoms with van der Waals surface area (Å²) in [5, 5.41) is 7.10. The minimum absolute atomic E-state index is 0.148. The molecule has 1 N–H and O–H groups in total. The molecule has 2 rings (SSSR count). The Labute approximate surface area is 137 Å². The van der Waals surface area contributed by atoms with Crippen molar-refractivity contribution in [3.05, 3.63) is 42.1 Å². The van der Waals surface area contributed by atoms with Crippen LogP contribution in [0.25, 0.3) is 0 Å². The number of nitrogens with zero attached hydrogens (tertiary/aromatic N) is 2. The Morgan fingerprint density at radius 1 is 1.22 bits per heavy atom. The molecule has 0 saturated carbocycles. The van der Waals surface area contributed by atoms with Gasteiger partial charge in [0.2, 0.25) is 0 Å². The zero-order valence-corrected chi connectivity index (χ0v) is 14.1. The van der Waals surface area contributed by atoms with Crippen molar-refractivity contribution in [1.29, 1.82) is 0 Å². The minimum Gasteiger partial charge on any atom is -0.494 e. The number of ether oxygens (including phenoxy) is 1. The van der Waals surface area contributed by atoms with E-state index in [1.54, 1.807) is 29.1 Å². The summed E-state index contributed by atoms with van der Waals surface area (Å²) in [6.45, 7) is 6.92. The molecule has 0 bridgehead atoms. The summed E-state index contributed by atoms with van der Waals surface area (Å²) < 4.78 is 7.43. The Bertz CT molecular complexity index is 617. The number of nitrogens with one attached hydrogen (secondary N) is 1. The maximum Gasteiger partial charge on any atom is 0.256 e. The van der Waals surface area contributed by atoms with Crippen LogP contribution in [0.4, 0.5) is 5.82 Å². The van der Waals surface area contributed by atoms with Crippen molar-refractivity contribution < 1.29 is 9.53 Å². The fraction of sp³-hybridized carbons (Fsp3) is 0.444. The summed E-state index contributed by atoms with van der Waals surface area (Å²) in [5.41, 5.74) is 0.599. The van der Waals surface area contributed by atoms with Crippen LogP contribution >= 0.6 is 0 Å². The number of anilines is 1. The number of hydrogen-bond donors (Lipinski definition) is 1. The number of amides is 1. The van der Waals surface area contributed by atoms with Gasteiger partial charge in [-0.2, -0.15) is 5.10 Å². The molecular formula is C18H25N3O2. The molecule has 1 heterocycles. The molecule has 0 aliphatic heterocycles. The first-order chi connectivity index (χ1) is 11.1. The first-order valence-corrected chi connectivity index (χ1v) is 8.19. The van der Waals surface area contributed by atoms with E-state index in [1.807, 2.05) is 26.0 Å². The van der Waals surface area contributed by atoms with E-state index in [0.717, 1.165) is 12.2 Å². The van der Waals surface area contributed by atoms with E-state index >= 15 is 0 Å². The number of aromatic nitrogens is 2. The van der Waals surface area contributed by atoms with Gasteiger partial charge in [-0.15, -0.1) is 0 Å². The highest BCUT2D eigenvalue weighted by atomic mass is 16.5. The van der Waals surface area contributed by atoms with Crippen molar-refractivity contribution in [1.82, 2.24) is 9.78 Å². The molecular weight excluding hydrogens is 290 g/mol. The summed E-state index contributed by atoms with van der Waals surface area (Å²) in [4.78, 5) is 12.3. The van der Waals surface area contributed by atoms with E-state index in [0.29, 0.717) is 18.0 Å². The summed E-state index contributed by atoms with van der Waals surface area (Å²) in [6, 6.07) is 9.21. The number of rotatable bonds is 8. The van der Waals surface area contributed by atoms with Crippen LogP contribution in [-0.4, -0.2) is 22.3 Å². The molecule has 0 radical (unpaired) electrons. The molecule has 0 aliphatic carbocycles. The van der Waals surface area contributed by atoms with Crippen molar-refractivity contribution >= 4 is 11.7 Å². The number of benzene rings is 1. The maximum atomic E-state index is 12.3. The van der Waals surface area contributed by atoms with Crippen LogP contribution in [0.2, 0.25) is 0 Å². The summed E-state index contributed by atoms with van der Waals surface area (Å²) in [6.07, 6.45) is 5.08. The van der Waals surface area contributed by atoms with Gasteiger partial charge in [-0.3, -0.25) is 4.79 Å². The molecule has 0 aliphatic rings. The molecule has 0 unspecified atom stereocenters. The zero-order valence-electron chi connectivity index (χ0n) is 14.1. The van der Waals surface area contributed by atoms with Gasteiger partial charge in [0.1, 0.15) is 11.6 Å². The Morgan fingerprint density at radius 3 is 2.61 bits per heavy atom. The molecule has 5 nitrogen and oxygen atoms in total. The average molecular weight is 315 g/mol. The Hall–Kier alpha value is -2.30. The zero-order chi connectivity index (χ0) is 16.7. The predicted molar refractivity (Wildman–Crippen MR) is 92.0 cm³/mol. The molecule has 0 saturated heterocycles. The van der Waals surface area contributed by atoms with E-state index in [2.05, 4.69) is 17.3 Å². The fourth-order valence-electron chi connectivity index (χ4n) is 2.26. The molecule has 2 aromatic rings. The van der Waals surface area contributed by atoms with Gasteiger partial charge in [0, 0.05) is 17.7 Å². The molecule has 1 aromatic heterocycles. The maximum absolute atomic E-state index is 12.3. The van der Waals surface area contributed by atoms with E-state index in [1.165, 1.54) is 12.8 Å². The lowest BCUT2D eigenvalue weighted by Gasteiger charge is -2.12. The quantitative estimate of drug-likeness (QED) is 0.739. The second-order valence-corrected chi connectivity index (χ2v) is 5.79. The molecule has 23 heavy (non-hydrogen) atoms. The van der Waals surface area contributed by atoms with E-state index in [-0.39, 0.29) is 11.9 Å². The van der Waals surface area contributed by atoms with Gasteiger partial charge < -0.3 is 10.1 Å². The van der Waals surface area contributed by atoms with Crippen molar-refractivity contribution in [2.24, 2.45) is 0 Å². The topological polar surface area (TPSA) is 56.1 Å². The molecule has 0 fully saturated rings. The third-order valence-corrected chi connectivity index (χ3v) is 3.53. The highest BCUT2D eigenvalue weighted by Gasteiger charge is 2.11. The molecule has 0 spiro atoms. The Morgan fingerprint density at radius 2 is 1.96 bits per heavy atom. The first kappa shape index (κ1) is 17.1. The van der Waals surface area contributed by atoms with Gasteiger partial charge in [-0.25, -0.2) is 4.68 Å². The molecule has 0 atom stereocenters. The Kier molecular flexibility index (Phi) is 6.20. The van der Waals surface area contributed by atoms with Gasteiger partial charge in [-0.1, -0.05) is 19.8 Å². The third-order valence-electron chi connectivity index (χ3n) is 3.53. The van der Waals surface area contributed by atoms with Crippen molar-refractivity contribution in [2.45, 2.75) is 46.1 Å². The molecule has 1 amide bonds. The van der Waals surface area contributed by atoms with Gasteiger partial charge in [0.05, 0.1) is 12.8 Å². The van der Waals surface area contributed by atoms with Crippen molar-refractivity contribution in [3.63, 3.8) is 0 Å². The predicted octanol–water partition coefficient (Wildman–Crippen LogP) is 4.29. The van der Waals surface area contributed by atoms with Gasteiger partial charge >= 0.3 is 0 Å². The van der Waals surface area contributed by atoms with Crippen LogP contribution in [0, 0.1) is 0 Å². The highest BCUT2D eigenvalue weighted by molar-refractivity contribution is 6.03. The lowest BCUT2D eigenvalue weighted by Crippen LogP contribution is -2.16. The van der Waals surface area contributed by atoms with Gasteiger partial charge in [0.15, 0.2) is 0 Å². The largest absolute Gasteiger partial charge is 0.494 e. The van der Waals surface area contributed by atoms with Gasteiger partial charge in [-0.05, 0) is 44.5 Å². The van der Waals surface area contributed by atoms with Crippen LogP contribution in [0.15, 0.2) is 36.5 Å². The number of carbonyl (C=O) groups excluding carboxylic acids is 1. The summed E-state index contributed by atoms with van der Waals surface area (Å²) >= 11 is 0. The summed E-state index contributed by atoms with van der Waals surface area (Å²) in [5.74, 6) is 1.35. The van der Waals surface area contributed by atoms with E-state index in [4.69, 9.17) is 4.74 Å². The van der Waals surface area contributed by atoms with Crippen LogP contribution in [0.1, 0.15) is 56.4 Å². The first-order valence-electron chi connectivity index (χ1n) is 8.19. The monoisotopic (exact) mass is 315 g/mol. The fourth-order valence-corrected chi connectivity index (χ4v) is 2.26. The third kappa shape index (κ3) is 4.84. The smallest absolute Gasteiger partial charge is 0.256 e. The molecule has 5 heteroatoms. The summed E-state index contributed by atoms with van der Waals surface area (Å²) in [7, 11) is 0. The molecule has 1 aromatic carbocycles. The second-order valence-electron chi connectivity index (χ2n) is 5.79. The van der Waals surface area contributed by atoms with Crippen LogP contribution in [-0.2, 0) is 0 Å². The SMILES string of the molecule is CCCCCOc1ccc(C(=O)Nc2ccnn2C(C)C)cc1. The van der Waals surface area contributed by atoms with Crippen LogP contribution < -0.4 is 10.1 Å². The Balaban J connectivity index is 1.93. The van der Waals surface area contributed by atoms with Crippen molar-refractivity contribution in [2.75, 3.05) is 11.9 Å². The lowest BCUT2D eigenvalue weighted by atomic mass is 10.2. The standard InChI is InChI=1S/C18H25N3O2/c1-4-5-6-13-23-16-9-7-15(8-10-16)18(22)20-17-11-12-19-21(17)14(2)3/h7-12,14H,4-6,13H2,1-3H3,(H,20,22). The number of hydrogen-bond acceptors (Lipinski definition) is 3. The normalized spacial score (nSPS) is 10.8. The van der Waals surface area contributed by atoms with E-state index in [9.17, 15) is 4.79 Å².